The summed E-state index contributed by atoms with van der Waals surface area (Å²) in [4.78, 5) is 5.11. The lowest BCUT2D eigenvalue weighted by molar-refractivity contribution is 1.23. The predicted molar refractivity (Wildman–Crippen MR) is 300 cm³/mol. The van der Waals surface area contributed by atoms with Gasteiger partial charge in [0.25, 0.3) is 0 Å². The highest BCUT2D eigenvalue weighted by Gasteiger charge is 2.30. The van der Waals surface area contributed by atoms with Gasteiger partial charge in [0.15, 0.2) is 0 Å². The molecule has 67 heavy (non-hydrogen) atoms. The Morgan fingerprint density at radius 3 is 1.25 bits per heavy atom. The van der Waals surface area contributed by atoms with Crippen LogP contribution in [0.25, 0.3) is 54.6 Å². The fraction of sp³-hybridized carbons (Fsp3) is 0.175. The highest BCUT2D eigenvalue weighted by Crippen LogP contribution is 2.51. The molecule has 0 amide bonds. The summed E-state index contributed by atoms with van der Waals surface area (Å²) in [6.45, 7) is 26.5. The summed E-state index contributed by atoms with van der Waals surface area (Å²) >= 11 is 0. The number of benzene rings is 10. The van der Waals surface area contributed by atoms with Gasteiger partial charge in [-0.3, -0.25) is 0 Å². The van der Waals surface area contributed by atoms with Gasteiger partial charge < -0.3 is 9.80 Å². The molecule has 0 unspecified atom stereocenters. The average Bonchev–Trinajstić information content (AvgIpc) is 3.31. The maximum atomic E-state index is 2.57. The van der Waals surface area contributed by atoms with E-state index in [4.69, 9.17) is 0 Å². The lowest BCUT2D eigenvalue weighted by Crippen LogP contribution is -2.40. The molecule has 0 aliphatic carbocycles. The standard InChI is InChI=1S/C63H62N2Si2/c1-41-36-56(64(48-28-20-14-21-29-48)55-40-54(46-24-16-12-17-25-46)58(38-43(55)3)66(6,7)8)52-34-32-51-42(2)37-57(53-35-33-50(41)61(52)62(51)53)65(49-30-22-15-23-31-49)63-44(4)39-59(67(9,10)11)60(45(63)5)47-26-18-13-19-27-47/h12-40H,1-11H3. The van der Waals surface area contributed by atoms with Gasteiger partial charge in [-0.25, -0.2) is 0 Å². The van der Waals surface area contributed by atoms with Crippen molar-refractivity contribution in [2.75, 3.05) is 9.80 Å². The van der Waals surface area contributed by atoms with Gasteiger partial charge in [-0.05, 0) is 149 Å². The molecule has 0 N–H and O–H groups in total. The molecule has 0 heterocycles. The molecular weight excluding hydrogens is 841 g/mol. The van der Waals surface area contributed by atoms with E-state index in [1.807, 2.05) is 0 Å². The minimum Gasteiger partial charge on any atom is -0.310 e. The Morgan fingerprint density at radius 2 is 0.761 bits per heavy atom. The molecule has 0 bridgehead atoms. The number of para-hydroxylation sites is 2. The zero-order chi connectivity index (χ0) is 46.9. The summed E-state index contributed by atoms with van der Waals surface area (Å²) in [6.07, 6.45) is 0. The monoisotopic (exact) mass is 902 g/mol. The highest BCUT2D eigenvalue weighted by molar-refractivity contribution is 6.90. The first kappa shape index (κ1) is 44.1. The molecule has 10 rings (SSSR count). The summed E-state index contributed by atoms with van der Waals surface area (Å²) in [5, 5.41) is 10.7. The SMILES string of the molecule is Cc1cc([Si](C)(C)C)c(-c2ccccc2)cc1N(c1ccccc1)c1cc(C)c2ccc3c(N(c4ccccc4)c4c(C)cc([Si](C)(C)C)c(-c5ccccc5)c4C)cc(C)c4ccc1c2c43. The van der Waals surface area contributed by atoms with Gasteiger partial charge in [0.2, 0.25) is 0 Å². The van der Waals surface area contributed by atoms with Gasteiger partial charge in [-0.15, -0.1) is 0 Å². The molecule has 0 atom stereocenters. The number of aryl methyl sites for hydroxylation is 4. The van der Waals surface area contributed by atoms with E-state index in [-0.39, 0.29) is 0 Å². The molecule has 0 aliphatic rings. The molecule has 10 aromatic rings. The number of anilines is 6. The molecule has 332 valence electrons. The Hall–Kier alpha value is -6.73. The van der Waals surface area contributed by atoms with E-state index < -0.39 is 16.1 Å². The molecule has 0 saturated carbocycles. The van der Waals surface area contributed by atoms with Crippen molar-refractivity contribution in [1.29, 1.82) is 0 Å². The first-order chi connectivity index (χ1) is 32.1. The Morgan fingerprint density at radius 1 is 0.343 bits per heavy atom. The van der Waals surface area contributed by atoms with Crippen molar-refractivity contribution in [3.8, 4) is 22.3 Å². The molecule has 0 aromatic heterocycles. The van der Waals surface area contributed by atoms with Gasteiger partial charge in [-0.1, -0.05) is 183 Å². The average molecular weight is 903 g/mol. The van der Waals surface area contributed by atoms with Crippen molar-refractivity contribution in [2.24, 2.45) is 0 Å². The highest BCUT2D eigenvalue weighted by atomic mass is 28.3. The smallest absolute Gasteiger partial charge is 0.0784 e. The minimum absolute atomic E-state index is 1.15. The third kappa shape index (κ3) is 7.66. The van der Waals surface area contributed by atoms with E-state index in [9.17, 15) is 0 Å². The molecule has 0 aliphatic heterocycles. The lowest BCUT2D eigenvalue weighted by atomic mass is 9.87. The first-order valence-electron chi connectivity index (χ1n) is 23.9. The van der Waals surface area contributed by atoms with E-state index in [2.05, 4.69) is 260 Å². The summed E-state index contributed by atoms with van der Waals surface area (Å²) in [5.41, 5.74) is 18.8. The maximum Gasteiger partial charge on any atom is 0.0784 e. The summed E-state index contributed by atoms with van der Waals surface area (Å²) < 4.78 is 0. The molecule has 0 spiro atoms. The summed E-state index contributed by atoms with van der Waals surface area (Å²) in [6, 6.07) is 66.1. The molecule has 4 heteroatoms. The van der Waals surface area contributed by atoms with Crippen LogP contribution >= 0.6 is 0 Å². The van der Waals surface area contributed by atoms with E-state index >= 15 is 0 Å². The first-order valence-corrected chi connectivity index (χ1v) is 30.9. The molecular formula is C63H62N2Si2. The van der Waals surface area contributed by atoms with Crippen LogP contribution in [-0.2, 0) is 0 Å². The van der Waals surface area contributed by atoms with Crippen molar-refractivity contribution in [3.05, 3.63) is 204 Å². The van der Waals surface area contributed by atoms with Crippen molar-refractivity contribution in [2.45, 2.75) is 73.9 Å². The molecule has 0 radical (unpaired) electrons. The van der Waals surface area contributed by atoms with Gasteiger partial charge >= 0.3 is 0 Å². The summed E-state index contributed by atoms with van der Waals surface area (Å²) in [7, 11) is -3.50. The topological polar surface area (TPSA) is 6.48 Å². The van der Waals surface area contributed by atoms with Crippen LogP contribution < -0.4 is 20.2 Å². The summed E-state index contributed by atoms with van der Waals surface area (Å²) in [5.74, 6) is 0. The van der Waals surface area contributed by atoms with Crippen LogP contribution in [0.15, 0.2) is 176 Å². The molecule has 0 saturated heterocycles. The van der Waals surface area contributed by atoms with Gasteiger partial charge in [0.1, 0.15) is 0 Å². The van der Waals surface area contributed by atoms with E-state index in [1.165, 1.54) is 116 Å². The van der Waals surface area contributed by atoms with E-state index in [0.29, 0.717) is 0 Å². The van der Waals surface area contributed by atoms with Crippen molar-refractivity contribution >= 4 is 93.0 Å². The Balaban J connectivity index is 1.28. The van der Waals surface area contributed by atoms with Gasteiger partial charge in [0, 0.05) is 27.8 Å². The largest absolute Gasteiger partial charge is 0.310 e. The quantitative estimate of drug-likeness (QED) is 0.0997. The van der Waals surface area contributed by atoms with Crippen LogP contribution in [0, 0.1) is 34.6 Å². The second-order valence-corrected chi connectivity index (χ2v) is 30.9. The second kappa shape index (κ2) is 16.9. The van der Waals surface area contributed by atoms with Crippen LogP contribution in [0.3, 0.4) is 0 Å². The van der Waals surface area contributed by atoms with E-state index in [1.54, 1.807) is 0 Å². The van der Waals surface area contributed by atoms with Crippen molar-refractivity contribution < 1.29 is 0 Å². The zero-order valence-electron chi connectivity index (χ0n) is 41.1. The Bertz CT molecular complexity index is 3460. The number of hydrogen-bond acceptors (Lipinski definition) is 2. The third-order valence-corrected chi connectivity index (χ3v) is 18.1. The molecule has 10 aromatic carbocycles. The van der Waals surface area contributed by atoms with Crippen LogP contribution in [0.4, 0.5) is 34.1 Å². The molecule has 0 fully saturated rings. The van der Waals surface area contributed by atoms with Crippen LogP contribution in [0.5, 0.6) is 0 Å². The Labute approximate surface area is 400 Å². The van der Waals surface area contributed by atoms with E-state index in [0.717, 1.165) is 11.4 Å². The van der Waals surface area contributed by atoms with Crippen molar-refractivity contribution in [3.63, 3.8) is 0 Å². The number of hydrogen-bond donors (Lipinski definition) is 0. The number of nitrogens with zero attached hydrogens (tertiary/aromatic N) is 2. The fourth-order valence-corrected chi connectivity index (χ4v) is 14.3. The lowest BCUT2D eigenvalue weighted by Gasteiger charge is -2.34. The predicted octanol–water partition coefficient (Wildman–Crippen LogP) is 17.5. The third-order valence-electron chi connectivity index (χ3n) is 14.1. The fourth-order valence-electron chi connectivity index (χ4n) is 10.9. The minimum atomic E-state index is -1.76. The molecule has 2 nitrogen and oxygen atoms in total. The van der Waals surface area contributed by atoms with Crippen LogP contribution in [0.2, 0.25) is 39.3 Å². The maximum absolute atomic E-state index is 2.57. The van der Waals surface area contributed by atoms with Crippen LogP contribution in [0.1, 0.15) is 27.8 Å². The Kier molecular flexibility index (Phi) is 11.1. The normalized spacial score (nSPS) is 12.1. The van der Waals surface area contributed by atoms with Gasteiger partial charge in [-0.2, -0.15) is 0 Å². The zero-order valence-corrected chi connectivity index (χ0v) is 43.1. The van der Waals surface area contributed by atoms with Crippen LogP contribution in [-0.4, -0.2) is 16.1 Å². The second-order valence-electron chi connectivity index (χ2n) is 20.8. The number of rotatable bonds is 10. The van der Waals surface area contributed by atoms with Gasteiger partial charge in [0.05, 0.1) is 33.2 Å². The van der Waals surface area contributed by atoms with Crippen molar-refractivity contribution in [1.82, 2.24) is 0 Å².